The Hall–Kier alpha value is -3.66. The van der Waals surface area contributed by atoms with Gasteiger partial charge < -0.3 is 5.32 Å². The summed E-state index contributed by atoms with van der Waals surface area (Å²) >= 11 is 0. The highest BCUT2D eigenvalue weighted by Crippen LogP contribution is 2.16. The predicted octanol–water partition coefficient (Wildman–Crippen LogP) is 1.50. The van der Waals surface area contributed by atoms with E-state index in [1.54, 1.807) is 55.2 Å². The Balaban J connectivity index is 1.85. The summed E-state index contributed by atoms with van der Waals surface area (Å²) in [4.78, 5) is 28.4. The maximum atomic E-state index is 12.3. The molecule has 0 bridgehead atoms. The van der Waals surface area contributed by atoms with Crippen LogP contribution in [0, 0.1) is 11.3 Å². The Labute approximate surface area is 149 Å². The monoisotopic (exact) mass is 347 g/mol. The smallest absolute Gasteiger partial charge is 0.328 e. The molecular weight excluding hydrogens is 330 g/mol. The molecule has 0 radical (unpaired) electrons. The second kappa shape index (κ2) is 7.07. The number of nitriles is 1. The minimum Gasteiger partial charge on any atom is -0.346 e. The van der Waals surface area contributed by atoms with Gasteiger partial charge in [0.1, 0.15) is 11.6 Å². The van der Waals surface area contributed by atoms with Gasteiger partial charge in [0.15, 0.2) is 0 Å². The predicted molar refractivity (Wildman–Crippen MR) is 97.8 cm³/mol. The normalized spacial score (nSPS) is 11.3. The van der Waals surface area contributed by atoms with Gasteiger partial charge in [-0.25, -0.2) is 4.79 Å². The minimum atomic E-state index is -0.472. The summed E-state index contributed by atoms with van der Waals surface area (Å²) < 4.78 is 3.08. The lowest BCUT2D eigenvalue weighted by atomic mass is 10.1. The number of amides is 1. The van der Waals surface area contributed by atoms with Crippen molar-refractivity contribution in [1.82, 2.24) is 19.4 Å². The molecule has 0 aliphatic heterocycles. The van der Waals surface area contributed by atoms with E-state index in [0.717, 1.165) is 11.0 Å². The second-order valence-corrected chi connectivity index (χ2v) is 5.82. The third kappa shape index (κ3) is 3.26. The first kappa shape index (κ1) is 17.2. The van der Waals surface area contributed by atoms with Crippen LogP contribution in [0.3, 0.4) is 0 Å². The largest absolute Gasteiger partial charge is 0.346 e. The van der Waals surface area contributed by atoms with E-state index in [9.17, 15) is 14.9 Å². The molecule has 0 spiro atoms. The Morgan fingerprint density at radius 3 is 2.69 bits per heavy atom. The fourth-order valence-electron chi connectivity index (χ4n) is 2.70. The average molecular weight is 347 g/mol. The Kier molecular flexibility index (Phi) is 4.67. The molecular formula is C19H17N5O2. The molecule has 0 aliphatic rings. The number of pyridine rings is 1. The van der Waals surface area contributed by atoms with Crippen LogP contribution >= 0.6 is 0 Å². The molecule has 0 saturated carbocycles. The van der Waals surface area contributed by atoms with Gasteiger partial charge in [-0.1, -0.05) is 12.1 Å². The molecule has 0 fully saturated rings. The number of hydrogen-bond donors (Lipinski definition) is 1. The van der Waals surface area contributed by atoms with Crippen LogP contribution in [0.15, 0.2) is 53.0 Å². The van der Waals surface area contributed by atoms with Crippen molar-refractivity contribution < 1.29 is 4.79 Å². The summed E-state index contributed by atoms with van der Waals surface area (Å²) in [5.74, 6) is -0.472. The number of carbonyl (C=O) groups is 1. The number of nitrogens with one attached hydrogen (secondary N) is 1. The van der Waals surface area contributed by atoms with Crippen LogP contribution in [0.2, 0.25) is 0 Å². The number of hydrogen-bond acceptors (Lipinski definition) is 4. The van der Waals surface area contributed by atoms with E-state index in [2.05, 4.69) is 10.3 Å². The highest BCUT2D eigenvalue weighted by molar-refractivity contribution is 6.02. The van der Waals surface area contributed by atoms with Gasteiger partial charge in [0.05, 0.1) is 23.3 Å². The van der Waals surface area contributed by atoms with Gasteiger partial charge in [-0.15, -0.1) is 0 Å². The first-order chi connectivity index (χ1) is 12.5. The summed E-state index contributed by atoms with van der Waals surface area (Å²) in [6, 6.07) is 12.7. The van der Waals surface area contributed by atoms with Crippen molar-refractivity contribution in [2.75, 3.05) is 0 Å². The molecule has 1 N–H and O–H groups in total. The third-order valence-corrected chi connectivity index (χ3v) is 4.13. The van der Waals surface area contributed by atoms with Crippen molar-refractivity contribution in [2.45, 2.75) is 6.54 Å². The Morgan fingerprint density at radius 2 is 2.00 bits per heavy atom. The molecule has 2 aromatic heterocycles. The molecule has 3 aromatic rings. The number of benzene rings is 1. The van der Waals surface area contributed by atoms with E-state index in [0.29, 0.717) is 11.3 Å². The van der Waals surface area contributed by atoms with Crippen molar-refractivity contribution in [3.8, 4) is 6.07 Å². The van der Waals surface area contributed by atoms with Gasteiger partial charge in [-0.3, -0.25) is 18.9 Å². The van der Waals surface area contributed by atoms with E-state index >= 15 is 0 Å². The summed E-state index contributed by atoms with van der Waals surface area (Å²) in [6.07, 6.45) is 3.15. The van der Waals surface area contributed by atoms with Crippen molar-refractivity contribution in [3.05, 3.63) is 69.9 Å². The summed E-state index contributed by atoms with van der Waals surface area (Å²) in [7, 11) is 3.38. The third-order valence-electron chi connectivity index (χ3n) is 4.13. The number of fused-ring (bicyclic) bond motifs is 1. The molecule has 2 heterocycles. The van der Waals surface area contributed by atoms with Gasteiger partial charge in [0.25, 0.3) is 5.91 Å². The molecule has 1 aromatic carbocycles. The number of carbonyl (C=O) groups excluding carboxylic acids is 1. The van der Waals surface area contributed by atoms with Crippen molar-refractivity contribution >= 4 is 23.0 Å². The number of aromatic nitrogens is 3. The van der Waals surface area contributed by atoms with E-state index in [1.807, 2.05) is 12.1 Å². The molecule has 7 nitrogen and oxygen atoms in total. The van der Waals surface area contributed by atoms with Gasteiger partial charge >= 0.3 is 5.69 Å². The molecule has 0 saturated heterocycles. The zero-order chi connectivity index (χ0) is 18.7. The number of imidazole rings is 1. The zero-order valence-electron chi connectivity index (χ0n) is 14.4. The Morgan fingerprint density at radius 1 is 1.23 bits per heavy atom. The molecule has 0 atom stereocenters. The molecule has 7 heteroatoms. The highest BCUT2D eigenvalue weighted by Gasteiger charge is 2.11. The van der Waals surface area contributed by atoms with Gasteiger partial charge in [0, 0.05) is 20.3 Å². The van der Waals surface area contributed by atoms with Gasteiger partial charge in [-0.2, -0.15) is 5.26 Å². The molecule has 0 unspecified atom stereocenters. The molecule has 1 amide bonds. The molecule has 26 heavy (non-hydrogen) atoms. The first-order valence-corrected chi connectivity index (χ1v) is 7.96. The van der Waals surface area contributed by atoms with Crippen LogP contribution in [-0.4, -0.2) is 20.0 Å². The molecule has 3 rings (SSSR count). The maximum Gasteiger partial charge on any atom is 0.328 e. The second-order valence-electron chi connectivity index (χ2n) is 5.82. The fraction of sp³-hybridized carbons (Fsp3) is 0.158. The van der Waals surface area contributed by atoms with E-state index < -0.39 is 5.91 Å². The van der Waals surface area contributed by atoms with E-state index in [4.69, 9.17) is 0 Å². The minimum absolute atomic E-state index is 0.0128. The lowest BCUT2D eigenvalue weighted by Gasteiger charge is -2.04. The maximum absolute atomic E-state index is 12.3. The summed E-state index contributed by atoms with van der Waals surface area (Å²) in [5, 5.41) is 12.0. The summed E-state index contributed by atoms with van der Waals surface area (Å²) in [6.45, 7) is 0.241. The van der Waals surface area contributed by atoms with Crippen LogP contribution in [0.5, 0.6) is 0 Å². The van der Waals surface area contributed by atoms with Crippen molar-refractivity contribution in [2.24, 2.45) is 14.1 Å². The molecule has 130 valence electrons. The van der Waals surface area contributed by atoms with Gasteiger partial charge in [-0.05, 0) is 35.9 Å². The van der Waals surface area contributed by atoms with Gasteiger partial charge in [0.2, 0.25) is 0 Å². The average Bonchev–Trinajstić information content (AvgIpc) is 2.89. The van der Waals surface area contributed by atoms with Crippen molar-refractivity contribution in [3.63, 3.8) is 0 Å². The zero-order valence-corrected chi connectivity index (χ0v) is 14.4. The van der Waals surface area contributed by atoms with Crippen LogP contribution < -0.4 is 11.0 Å². The quantitative estimate of drug-likeness (QED) is 0.572. The lowest BCUT2D eigenvalue weighted by Crippen LogP contribution is -2.24. The van der Waals surface area contributed by atoms with Crippen LogP contribution in [-0.2, 0) is 25.4 Å². The topological polar surface area (TPSA) is 92.7 Å². The highest BCUT2D eigenvalue weighted by atomic mass is 16.2. The van der Waals surface area contributed by atoms with E-state index in [1.165, 1.54) is 10.6 Å². The standard InChI is InChI=1S/C19H17N5O2/c1-23-16-7-6-13(10-17(16)24(2)19(23)26)9-14(11-20)18(25)22-12-15-5-3-4-8-21-15/h3-10H,12H2,1-2H3,(H,22,25)/b14-9+. The first-order valence-electron chi connectivity index (χ1n) is 7.96. The van der Waals surface area contributed by atoms with Crippen LogP contribution in [0.25, 0.3) is 17.1 Å². The van der Waals surface area contributed by atoms with Crippen LogP contribution in [0.4, 0.5) is 0 Å². The molecule has 0 aliphatic carbocycles. The van der Waals surface area contributed by atoms with Crippen LogP contribution in [0.1, 0.15) is 11.3 Å². The van der Waals surface area contributed by atoms with Crippen molar-refractivity contribution in [1.29, 1.82) is 5.26 Å². The SMILES string of the molecule is Cn1c(=O)n(C)c2cc(/C=C(\C#N)C(=O)NCc3ccccn3)ccc21. The number of nitrogens with zero attached hydrogens (tertiary/aromatic N) is 4. The van der Waals surface area contributed by atoms with E-state index in [-0.39, 0.29) is 17.8 Å². The lowest BCUT2D eigenvalue weighted by molar-refractivity contribution is -0.117. The number of aryl methyl sites for hydroxylation is 2. The fourth-order valence-corrected chi connectivity index (χ4v) is 2.70. The Bertz CT molecular complexity index is 1100. The number of rotatable bonds is 4. The summed E-state index contributed by atoms with van der Waals surface area (Å²) in [5.41, 5.74) is 2.75.